The van der Waals surface area contributed by atoms with E-state index in [2.05, 4.69) is 58.8 Å². The van der Waals surface area contributed by atoms with E-state index in [0.717, 1.165) is 22.6 Å². The standard InChI is InChI=1S/C35H34N6O3S2/c1-24-13-15-26(16-14-24)30-21-29(31-12-7-19-45-31)39-41(30)33(42)23-46-35-38-37-32(40(35)18-17-25-8-4-3-5-9-25)22-36-34(43)27-10-6-11-28(20-27)44-2/h3-16,19-20,30H,17-18,21-23H2,1-2H3,(H,36,43)/t30-/m0/s1. The number of benzene rings is 3. The van der Waals surface area contributed by atoms with Crippen molar-refractivity contribution in [3.63, 3.8) is 0 Å². The second kappa shape index (κ2) is 14.6. The van der Waals surface area contributed by atoms with Crippen molar-refractivity contribution in [1.29, 1.82) is 0 Å². The number of amides is 2. The van der Waals surface area contributed by atoms with Crippen molar-refractivity contribution in [1.82, 2.24) is 25.1 Å². The molecule has 2 aromatic heterocycles. The van der Waals surface area contributed by atoms with Crippen LogP contribution < -0.4 is 10.1 Å². The molecule has 0 spiro atoms. The van der Waals surface area contributed by atoms with E-state index in [0.29, 0.717) is 35.3 Å². The summed E-state index contributed by atoms with van der Waals surface area (Å²) in [4.78, 5) is 27.8. The summed E-state index contributed by atoms with van der Waals surface area (Å²) in [5.41, 5.74) is 4.80. The van der Waals surface area contributed by atoms with Crippen molar-refractivity contribution >= 4 is 40.6 Å². The van der Waals surface area contributed by atoms with E-state index in [4.69, 9.17) is 9.84 Å². The van der Waals surface area contributed by atoms with Crippen LogP contribution in [0.4, 0.5) is 0 Å². The maximum absolute atomic E-state index is 13.8. The maximum atomic E-state index is 13.8. The first kappa shape index (κ1) is 31.3. The van der Waals surface area contributed by atoms with Crippen LogP contribution in [0.15, 0.2) is 107 Å². The van der Waals surface area contributed by atoms with Crippen molar-refractivity contribution in [2.45, 2.75) is 44.1 Å². The number of rotatable bonds is 12. The zero-order valence-corrected chi connectivity index (χ0v) is 27.3. The molecule has 1 aliphatic heterocycles. The van der Waals surface area contributed by atoms with Gasteiger partial charge in [-0.1, -0.05) is 84.1 Å². The van der Waals surface area contributed by atoms with Gasteiger partial charge in [-0.2, -0.15) is 5.10 Å². The average Bonchev–Trinajstić information content (AvgIpc) is 3.86. The number of carbonyl (C=O) groups excluding carboxylic acids is 2. The lowest BCUT2D eigenvalue weighted by atomic mass is 10.00. The summed E-state index contributed by atoms with van der Waals surface area (Å²) in [6.07, 6.45) is 1.40. The van der Waals surface area contributed by atoms with Crippen LogP contribution in [0.2, 0.25) is 0 Å². The van der Waals surface area contributed by atoms with Crippen LogP contribution in [0.1, 0.15) is 50.2 Å². The van der Waals surface area contributed by atoms with E-state index in [-0.39, 0.29) is 30.2 Å². The quantitative estimate of drug-likeness (QED) is 0.159. The van der Waals surface area contributed by atoms with E-state index >= 15 is 0 Å². The topological polar surface area (TPSA) is 102 Å². The third kappa shape index (κ3) is 7.38. The van der Waals surface area contributed by atoms with E-state index < -0.39 is 0 Å². The van der Waals surface area contributed by atoms with Gasteiger partial charge in [-0.05, 0) is 54.1 Å². The molecule has 2 amide bonds. The molecule has 9 nitrogen and oxygen atoms in total. The minimum absolute atomic E-state index is 0.104. The number of hydrogen-bond acceptors (Lipinski definition) is 8. The molecule has 0 unspecified atom stereocenters. The summed E-state index contributed by atoms with van der Waals surface area (Å²) in [7, 11) is 1.57. The van der Waals surface area contributed by atoms with Gasteiger partial charge in [-0.3, -0.25) is 9.59 Å². The fourth-order valence-corrected chi connectivity index (χ4v) is 6.82. The van der Waals surface area contributed by atoms with E-state index in [1.54, 1.807) is 47.7 Å². The van der Waals surface area contributed by atoms with Crippen LogP contribution in [-0.2, 0) is 24.3 Å². The van der Waals surface area contributed by atoms with Gasteiger partial charge in [-0.15, -0.1) is 21.5 Å². The predicted octanol–water partition coefficient (Wildman–Crippen LogP) is 6.30. The molecule has 0 radical (unpaired) electrons. The average molecular weight is 651 g/mol. The van der Waals surface area contributed by atoms with E-state index in [1.165, 1.54) is 22.9 Å². The van der Waals surface area contributed by atoms with Gasteiger partial charge in [0.25, 0.3) is 11.8 Å². The van der Waals surface area contributed by atoms with Crippen LogP contribution >= 0.6 is 23.1 Å². The van der Waals surface area contributed by atoms with Gasteiger partial charge in [0, 0.05) is 18.5 Å². The first-order chi connectivity index (χ1) is 22.5. The summed E-state index contributed by atoms with van der Waals surface area (Å²) in [6.45, 7) is 2.83. The third-order valence-electron chi connectivity index (χ3n) is 7.76. The molecule has 6 rings (SSSR count). The minimum Gasteiger partial charge on any atom is -0.497 e. The number of hydrazone groups is 1. The monoisotopic (exact) mass is 650 g/mol. The molecule has 1 atom stereocenters. The predicted molar refractivity (Wildman–Crippen MR) is 181 cm³/mol. The van der Waals surface area contributed by atoms with Crippen molar-refractivity contribution in [2.24, 2.45) is 5.10 Å². The largest absolute Gasteiger partial charge is 0.497 e. The first-order valence-electron chi connectivity index (χ1n) is 15.0. The van der Waals surface area contributed by atoms with Crippen molar-refractivity contribution in [3.8, 4) is 5.75 Å². The van der Waals surface area contributed by atoms with Gasteiger partial charge in [-0.25, -0.2) is 5.01 Å². The van der Waals surface area contributed by atoms with Gasteiger partial charge < -0.3 is 14.6 Å². The highest BCUT2D eigenvalue weighted by atomic mass is 32.2. The zero-order chi connectivity index (χ0) is 31.9. The second-order valence-corrected chi connectivity index (χ2v) is 12.8. The SMILES string of the molecule is COc1cccc(C(=O)NCc2nnc(SCC(=O)N3N=C(c4cccs4)C[C@H]3c3ccc(C)cc3)n2CCc2ccccc2)c1. The third-order valence-corrected chi connectivity index (χ3v) is 9.63. The first-order valence-corrected chi connectivity index (χ1v) is 16.9. The molecule has 3 aromatic carbocycles. The Morgan fingerprint density at radius 1 is 1.00 bits per heavy atom. The lowest BCUT2D eigenvalue weighted by Crippen LogP contribution is -2.28. The Morgan fingerprint density at radius 2 is 1.83 bits per heavy atom. The minimum atomic E-state index is -0.239. The van der Waals surface area contributed by atoms with Gasteiger partial charge in [0.2, 0.25) is 0 Å². The number of aryl methyl sites for hydroxylation is 2. The molecule has 0 fully saturated rings. The van der Waals surface area contributed by atoms with Crippen molar-refractivity contribution in [2.75, 3.05) is 12.9 Å². The fourth-order valence-electron chi connectivity index (χ4n) is 5.26. The van der Waals surface area contributed by atoms with Crippen LogP contribution in [0.3, 0.4) is 0 Å². The number of carbonyl (C=O) groups is 2. The Bertz CT molecular complexity index is 1820. The molecule has 0 saturated carbocycles. The van der Waals surface area contributed by atoms with Crippen LogP contribution in [0, 0.1) is 6.92 Å². The summed E-state index contributed by atoms with van der Waals surface area (Å²) in [5, 5.41) is 20.9. The summed E-state index contributed by atoms with van der Waals surface area (Å²) in [6, 6.07) is 29.3. The van der Waals surface area contributed by atoms with Crippen LogP contribution in [-0.4, -0.2) is 50.2 Å². The highest BCUT2D eigenvalue weighted by Crippen LogP contribution is 2.35. The molecule has 11 heteroatoms. The number of ether oxygens (including phenoxy) is 1. The van der Waals surface area contributed by atoms with Gasteiger partial charge >= 0.3 is 0 Å². The van der Waals surface area contributed by atoms with E-state index in [1.807, 2.05) is 40.3 Å². The summed E-state index contributed by atoms with van der Waals surface area (Å²) in [5.74, 6) is 1.02. The molecule has 0 bridgehead atoms. The number of nitrogens with one attached hydrogen (secondary N) is 1. The van der Waals surface area contributed by atoms with Crippen LogP contribution in [0.5, 0.6) is 5.75 Å². The second-order valence-electron chi connectivity index (χ2n) is 10.9. The molecule has 0 saturated heterocycles. The molecule has 3 heterocycles. The van der Waals surface area contributed by atoms with Gasteiger partial charge in [0.05, 0.1) is 36.0 Å². The van der Waals surface area contributed by atoms with Crippen molar-refractivity contribution < 1.29 is 14.3 Å². The molecule has 5 aromatic rings. The van der Waals surface area contributed by atoms with Gasteiger partial charge in [0.1, 0.15) is 5.75 Å². The molecule has 234 valence electrons. The molecule has 1 aliphatic rings. The normalized spacial score (nSPS) is 14.3. The number of thioether (sulfide) groups is 1. The molecular formula is C35H34N6O3S2. The number of methoxy groups -OCH3 is 1. The zero-order valence-electron chi connectivity index (χ0n) is 25.6. The van der Waals surface area contributed by atoms with E-state index in [9.17, 15) is 9.59 Å². The number of hydrogen-bond donors (Lipinski definition) is 1. The maximum Gasteiger partial charge on any atom is 0.253 e. The Labute approximate surface area is 276 Å². The van der Waals surface area contributed by atoms with Crippen LogP contribution in [0.25, 0.3) is 0 Å². The molecular weight excluding hydrogens is 617 g/mol. The molecule has 1 N–H and O–H groups in total. The Kier molecular flexibility index (Phi) is 9.90. The molecule has 46 heavy (non-hydrogen) atoms. The highest BCUT2D eigenvalue weighted by molar-refractivity contribution is 7.99. The Morgan fingerprint density at radius 3 is 2.59 bits per heavy atom. The number of nitrogens with zero attached hydrogens (tertiary/aromatic N) is 5. The summed E-state index contributed by atoms with van der Waals surface area (Å²) < 4.78 is 7.25. The smallest absolute Gasteiger partial charge is 0.253 e. The Hall–Kier alpha value is -4.74. The number of aromatic nitrogens is 3. The molecule has 0 aliphatic carbocycles. The number of thiophene rings is 1. The van der Waals surface area contributed by atoms with Gasteiger partial charge in [0.15, 0.2) is 11.0 Å². The highest BCUT2D eigenvalue weighted by Gasteiger charge is 2.33. The lowest BCUT2D eigenvalue weighted by Gasteiger charge is -2.22. The summed E-state index contributed by atoms with van der Waals surface area (Å²) >= 11 is 2.96. The fraction of sp³-hybridized carbons (Fsp3) is 0.229. The Balaban J connectivity index is 1.19. The van der Waals surface area contributed by atoms with Crippen molar-refractivity contribution in [3.05, 3.63) is 129 Å². The lowest BCUT2D eigenvalue weighted by molar-refractivity contribution is -0.130.